The molecule has 2 saturated carbocycles. The quantitative estimate of drug-likeness (QED) is 0.436. The second kappa shape index (κ2) is 5.56. The fourth-order valence-electron chi connectivity index (χ4n) is 4.70. The Hall–Kier alpha value is -1.40. The third kappa shape index (κ3) is 1.96. The van der Waals surface area contributed by atoms with Gasteiger partial charge in [-0.05, 0) is 30.3 Å². The van der Waals surface area contributed by atoms with Gasteiger partial charge in [0.2, 0.25) is 11.2 Å². The van der Waals surface area contributed by atoms with E-state index in [4.69, 9.17) is 18.9 Å². The van der Waals surface area contributed by atoms with Crippen molar-refractivity contribution >= 4 is 11.9 Å². The van der Waals surface area contributed by atoms with Crippen molar-refractivity contribution in [2.45, 2.75) is 38.9 Å². The molecule has 2 aliphatic carbocycles. The summed E-state index contributed by atoms with van der Waals surface area (Å²) in [6.07, 6.45) is 2.49. The minimum Gasteiger partial charge on any atom is -0.468 e. The van der Waals surface area contributed by atoms with Gasteiger partial charge < -0.3 is 18.9 Å². The second-order valence-corrected chi connectivity index (χ2v) is 7.82. The maximum Gasteiger partial charge on any atom is 0.329 e. The minimum atomic E-state index is -1.65. The van der Waals surface area contributed by atoms with Crippen LogP contribution in [0.15, 0.2) is 12.2 Å². The molecule has 0 unspecified atom stereocenters. The molecule has 0 amide bonds. The predicted octanol–water partition coefficient (Wildman–Crippen LogP) is 2.07. The van der Waals surface area contributed by atoms with Gasteiger partial charge in [-0.25, -0.2) is 0 Å². The number of fused-ring (bicyclic) bond motifs is 1. The molecule has 0 aromatic carbocycles. The number of hydrogen-bond acceptors (Lipinski definition) is 6. The van der Waals surface area contributed by atoms with Crippen LogP contribution in [-0.4, -0.2) is 45.2 Å². The summed E-state index contributed by atoms with van der Waals surface area (Å²) in [6, 6.07) is 0. The Balaban J connectivity index is 2.18. The number of methoxy groups -OCH3 is 2. The second-order valence-electron chi connectivity index (χ2n) is 7.82. The van der Waals surface area contributed by atoms with E-state index in [0.717, 1.165) is 12.8 Å². The average Bonchev–Trinajstić information content (AvgIpc) is 3.11. The first kappa shape index (κ1) is 17.4. The van der Waals surface area contributed by atoms with Crippen LogP contribution in [-0.2, 0) is 28.5 Å². The van der Waals surface area contributed by atoms with E-state index in [9.17, 15) is 9.59 Å². The third-order valence-electron chi connectivity index (χ3n) is 5.81. The smallest absolute Gasteiger partial charge is 0.329 e. The van der Waals surface area contributed by atoms with Crippen molar-refractivity contribution in [3.05, 3.63) is 12.2 Å². The zero-order valence-corrected chi connectivity index (χ0v) is 14.8. The van der Waals surface area contributed by atoms with Crippen LogP contribution in [0.4, 0.5) is 0 Å². The predicted molar refractivity (Wildman–Crippen MR) is 84.9 cm³/mol. The molecule has 6 nitrogen and oxygen atoms in total. The molecule has 0 N–H and O–H groups in total. The first-order valence-corrected chi connectivity index (χ1v) is 8.41. The van der Waals surface area contributed by atoms with Gasteiger partial charge in [0.1, 0.15) is 0 Å². The van der Waals surface area contributed by atoms with Gasteiger partial charge in [0.25, 0.3) is 0 Å². The van der Waals surface area contributed by atoms with Crippen LogP contribution in [0.5, 0.6) is 0 Å². The third-order valence-corrected chi connectivity index (χ3v) is 5.81. The van der Waals surface area contributed by atoms with Crippen molar-refractivity contribution in [3.63, 3.8) is 0 Å². The molecule has 24 heavy (non-hydrogen) atoms. The van der Waals surface area contributed by atoms with Crippen LogP contribution in [0.2, 0.25) is 0 Å². The monoisotopic (exact) mass is 338 g/mol. The zero-order chi connectivity index (χ0) is 17.8. The van der Waals surface area contributed by atoms with Gasteiger partial charge in [-0.2, -0.15) is 0 Å². The Labute approximate surface area is 142 Å². The summed E-state index contributed by atoms with van der Waals surface area (Å²) in [5.41, 5.74) is -1.19. The first-order valence-electron chi connectivity index (χ1n) is 8.41. The SMILES string of the molecule is C=C1[C@H]2CCC[C@H]2C(C(=O)OC)(C(=O)OC)C12OCC(C)(C)CO2. The van der Waals surface area contributed by atoms with Crippen LogP contribution in [0.3, 0.4) is 0 Å². The van der Waals surface area contributed by atoms with Crippen molar-refractivity contribution < 1.29 is 28.5 Å². The number of carbonyl (C=O) groups excluding carboxylic acids is 2. The Bertz CT molecular complexity index is 552. The van der Waals surface area contributed by atoms with Crippen LogP contribution in [0.25, 0.3) is 0 Å². The lowest BCUT2D eigenvalue weighted by Crippen LogP contribution is -2.64. The molecule has 2 atom stereocenters. The van der Waals surface area contributed by atoms with E-state index in [1.54, 1.807) is 0 Å². The summed E-state index contributed by atoms with van der Waals surface area (Å²) in [4.78, 5) is 25.9. The number of carbonyl (C=O) groups is 2. The molecule has 0 radical (unpaired) electrons. The molecule has 1 spiro atoms. The summed E-state index contributed by atoms with van der Waals surface area (Å²) in [5, 5.41) is 0. The summed E-state index contributed by atoms with van der Waals surface area (Å²) in [5.74, 6) is -3.11. The first-order chi connectivity index (χ1) is 11.3. The van der Waals surface area contributed by atoms with E-state index in [0.29, 0.717) is 25.2 Å². The van der Waals surface area contributed by atoms with E-state index in [-0.39, 0.29) is 17.3 Å². The molecule has 3 aliphatic rings. The zero-order valence-electron chi connectivity index (χ0n) is 14.8. The molecule has 0 aromatic heterocycles. The summed E-state index contributed by atoms with van der Waals surface area (Å²) >= 11 is 0. The van der Waals surface area contributed by atoms with Gasteiger partial charge in [-0.3, -0.25) is 9.59 Å². The highest BCUT2D eigenvalue weighted by atomic mass is 16.7. The summed E-state index contributed by atoms with van der Waals surface area (Å²) in [6.45, 7) is 8.93. The summed E-state index contributed by atoms with van der Waals surface area (Å²) in [7, 11) is 2.55. The van der Waals surface area contributed by atoms with E-state index >= 15 is 0 Å². The van der Waals surface area contributed by atoms with Crippen LogP contribution in [0, 0.1) is 22.7 Å². The topological polar surface area (TPSA) is 71.1 Å². The molecule has 0 aromatic rings. The Morgan fingerprint density at radius 1 is 1.08 bits per heavy atom. The van der Waals surface area contributed by atoms with Crippen molar-refractivity contribution in [3.8, 4) is 0 Å². The highest BCUT2D eigenvalue weighted by Gasteiger charge is 2.79. The highest BCUT2D eigenvalue weighted by molar-refractivity contribution is 6.03. The van der Waals surface area contributed by atoms with E-state index in [2.05, 4.69) is 6.58 Å². The number of ether oxygens (including phenoxy) is 4. The lowest BCUT2D eigenvalue weighted by Gasteiger charge is -2.49. The molecule has 3 rings (SSSR count). The van der Waals surface area contributed by atoms with Gasteiger partial charge >= 0.3 is 11.9 Å². The molecule has 3 fully saturated rings. The van der Waals surface area contributed by atoms with Crippen molar-refractivity contribution in [2.24, 2.45) is 22.7 Å². The molecule has 1 saturated heterocycles. The van der Waals surface area contributed by atoms with Crippen molar-refractivity contribution in [1.29, 1.82) is 0 Å². The van der Waals surface area contributed by atoms with Crippen molar-refractivity contribution in [1.82, 2.24) is 0 Å². The highest BCUT2D eigenvalue weighted by Crippen LogP contribution is 2.65. The maximum absolute atomic E-state index is 12.9. The Morgan fingerprint density at radius 3 is 2.12 bits per heavy atom. The lowest BCUT2D eigenvalue weighted by atomic mass is 9.72. The molecule has 0 bridgehead atoms. The number of esters is 2. The number of rotatable bonds is 2. The molecule has 1 aliphatic heterocycles. The fraction of sp³-hybridized carbons (Fsp3) is 0.778. The normalized spacial score (nSPS) is 32.4. The minimum absolute atomic E-state index is 0.00980. The lowest BCUT2D eigenvalue weighted by molar-refractivity contribution is -0.317. The van der Waals surface area contributed by atoms with E-state index in [1.807, 2.05) is 13.8 Å². The van der Waals surface area contributed by atoms with Gasteiger partial charge in [0.15, 0.2) is 0 Å². The van der Waals surface area contributed by atoms with E-state index in [1.165, 1.54) is 14.2 Å². The molecular weight excluding hydrogens is 312 g/mol. The number of hydrogen-bond donors (Lipinski definition) is 0. The molecule has 6 heteroatoms. The molecular formula is C18H26O6. The standard InChI is InChI=1S/C18H26O6/c1-11-12-7-6-8-13(12)17(14(19)21-4,15(20)22-5)18(11)23-9-16(2,3)10-24-18/h12-13H,1,6-10H2,2-5H3/t12-,13-/m1/s1. The van der Waals surface area contributed by atoms with Gasteiger partial charge in [0, 0.05) is 5.41 Å². The fourth-order valence-corrected chi connectivity index (χ4v) is 4.70. The largest absolute Gasteiger partial charge is 0.468 e. The van der Waals surface area contributed by atoms with Crippen LogP contribution >= 0.6 is 0 Å². The molecule has 134 valence electrons. The Kier molecular flexibility index (Phi) is 4.04. The summed E-state index contributed by atoms with van der Waals surface area (Å²) < 4.78 is 22.4. The maximum atomic E-state index is 12.9. The van der Waals surface area contributed by atoms with Gasteiger partial charge in [0.05, 0.1) is 27.4 Å². The van der Waals surface area contributed by atoms with E-state index < -0.39 is 23.1 Å². The average molecular weight is 338 g/mol. The van der Waals surface area contributed by atoms with Crippen LogP contribution in [0.1, 0.15) is 33.1 Å². The van der Waals surface area contributed by atoms with Gasteiger partial charge in [-0.1, -0.05) is 26.8 Å². The molecule has 1 heterocycles. The van der Waals surface area contributed by atoms with Gasteiger partial charge in [-0.15, -0.1) is 0 Å². The van der Waals surface area contributed by atoms with Crippen molar-refractivity contribution in [2.75, 3.05) is 27.4 Å². The van der Waals surface area contributed by atoms with Crippen LogP contribution < -0.4 is 0 Å². The Morgan fingerprint density at radius 2 is 1.62 bits per heavy atom.